The van der Waals surface area contributed by atoms with E-state index in [1.807, 2.05) is 65.3 Å². The molecule has 2 aromatic heterocycles. The highest BCUT2D eigenvalue weighted by Crippen LogP contribution is 2.39. The van der Waals surface area contributed by atoms with Crippen molar-refractivity contribution >= 4 is 57.0 Å². The summed E-state index contributed by atoms with van der Waals surface area (Å²) < 4.78 is 14.0. The van der Waals surface area contributed by atoms with Crippen LogP contribution in [0.3, 0.4) is 0 Å². The third kappa shape index (κ3) is 6.10. The molecular formula is C33H31IN6O5. The number of rotatable bonds is 9. The minimum absolute atomic E-state index is 0.147. The van der Waals surface area contributed by atoms with Gasteiger partial charge < -0.3 is 30.1 Å². The van der Waals surface area contributed by atoms with Crippen molar-refractivity contribution < 1.29 is 24.2 Å². The number of carbonyl (C=O) groups is 2. The average molecular weight is 719 g/mol. The van der Waals surface area contributed by atoms with Crippen LogP contribution in [-0.4, -0.2) is 64.1 Å². The summed E-state index contributed by atoms with van der Waals surface area (Å²) in [6, 6.07) is 22.1. The molecule has 1 saturated heterocycles. The number of hydrogen-bond acceptors (Lipinski definition) is 7. The Morgan fingerprint density at radius 3 is 2.36 bits per heavy atom. The first-order valence-electron chi connectivity index (χ1n) is 14.3. The molecule has 3 heterocycles. The van der Waals surface area contributed by atoms with E-state index in [1.165, 1.54) is 4.90 Å². The molecule has 1 atom stereocenters. The summed E-state index contributed by atoms with van der Waals surface area (Å²) in [5, 5.41) is 21.9. The fourth-order valence-electron chi connectivity index (χ4n) is 5.63. The van der Waals surface area contributed by atoms with E-state index in [0.717, 1.165) is 25.6 Å². The lowest BCUT2D eigenvalue weighted by atomic mass is 10.1. The summed E-state index contributed by atoms with van der Waals surface area (Å²) in [6.07, 6.45) is 1.48. The predicted octanol–water partition coefficient (Wildman–Crippen LogP) is 6.51. The van der Waals surface area contributed by atoms with Crippen molar-refractivity contribution in [2.45, 2.75) is 19.0 Å². The molecule has 6 rings (SSSR count). The molecule has 0 radical (unpaired) electrons. The smallest absolute Gasteiger partial charge is 0.407 e. The van der Waals surface area contributed by atoms with Crippen molar-refractivity contribution in [2.24, 2.45) is 0 Å². The molecule has 230 valence electrons. The minimum atomic E-state index is -0.942. The van der Waals surface area contributed by atoms with Crippen LogP contribution < -0.4 is 20.1 Å². The van der Waals surface area contributed by atoms with E-state index in [9.17, 15) is 14.7 Å². The van der Waals surface area contributed by atoms with Crippen LogP contribution in [0.25, 0.3) is 22.2 Å². The van der Waals surface area contributed by atoms with E-state index in [2.05, 4.69) is 33.2 Å². The number of likely N-dealkylation sites (tertiary alicyclic amines) is 1. The zero-order valence-electron chi connectivity index (χ0n) is 24.7. The second-order valence-electron chi connectivity index (χ2n) is 10.5. The number of hydrogen-bond donors (Lipinski definition) is 3. The van der Waals surface area contributed by atoms with E-state index in [0.29, 0.717) is 60.3 Å². The lowest BCUT2D eigenvalue weighted by molar-refractivity contribution is 0.102. The third-order valence-electron chi connectivity index (χ3n) is 7.87. The summed E-state index contributed by atoms with van der Waals surface area (Å²) in [6.45, 7) is 1.14. The van der Waals surface area contributed by atoms with Crippen LogP contribution in [0.5, 0.6) is 11.5 Å². The van der Waals surface area contributed by atoms with Crippen LogP contribution in [0, 0.1) is 3.57 Å². The second-order valence-corrected chi connectivity index (χ2v) is 11.7. The number of aromatic nitrogens is 3. The first-order chi connectivity index (χ1) is 21.9. The number of anilines is 2. The quantitative estimate of drug-likeness (QED) is 0.147. The van der Waals surface area contributed by atoms with E-state index >= 15 is 0 Å². The van der Waals surface area contributed by atoms with Crippen molar-refractivity contribution in [1.82, 2.24) is 19.7 Å². The zero-order valence-corrected chi connectivity index (χ0v) is 26.8. The Labute approximate surface area is 273 Å². The zero-order chi connectivity index (χ0) is 31.5. The molecular weight excluding hydrogens is 687 g/mol. The molecule has 3 N–H and O–H groups in total. The SMILES string of the molecule is COc1cccc(OC)c1CNc1ncc(I)c2c1c(-c1ccc(C(=O)Nc3ccccc3)cc1)nn2C1CCN(C(=O)O)C1. The number of amides is 2. The largest absolute Gasteiger partial charge is 0.496 e. The number of pyridine rings is 1. The maximum Gasteiger partial charge on any atom is 0.407 e. The Hall–Kier alpha value is -4.85. The molecule has 1 aliphatic rings. The summed E-state index contributed by atoms with van der Waals surface area (Å²) >= 11 is 2.25. The van der Waals surface area contributed by atoms with Crippen molar-refractivity contribution in [1.29, 1.82) is 0 Å². The number of nitrogens with zero attached hydrogens (tertiary/aromatic N) is 4. The van der Waals surface area contributed by atoms with Crippen molar-refractivity contribution in [2.75, 3.05) is 37.9 Å². The highest BCUT2D eigenvalue weighted by molar-refractivity contribution is 14.1. The van der Waals surface area contributed by atoms with Gasteiger partial charge in [-0.1, -0.05) is 36.4 Å². The van der Waals surface area contributed by atoms with E-state index < -0.39 is 6.09 Å². The standard InChI is InChI=1S/C33H31IN6O5/c1-44-26-9-6-10-27(45-2)24(26)17-35-31-28-29(20-11-13-21(14-12-20)32(41)37-22-7-4-3-5-8-22)38-40(30(28)25(34)18-36-31)23-15-16-39(19-23)33(42)43/h3-14,18,23H,15-17,19H2,1-2H3,(H,35,36)(H,37,41)(H,42,43). The third-order valence-corrected chi connectivity index (χ3v) is 8.66. The second kappa shape index (κ2) is 13.0. The molecule has 2 amide bonds. The molecule has 0 saturated carbocycles. The van der Waals surface area contributed by atoms with Crippen LogP contribution in [0.15, 0.2) is 79.0 Å². The van der Waals surface area contributed by atoms with Crippen molar-refractivity contribution in [3.63, 3.8) is 0 Å². The topological polar surface area (TPSA) is 131 Å². The van der Waals surface area contributed by atoms with Gasteiger partial charge in [-0.05, 0) is 65.4 Å². The van der Waals surface area contributed by atoms with Gasteiger partial charge in [-0.2, -0.15) is 5.10 Å². The molecule has 45 heavy (non-hydrogen) atoms. The number of carbonyl (C=O) groups excluding carboxylic acids is 1. The van der Waals surface area contributed by atoms with Gasteiger partial charge >= 0.3 is 6.09 Å². The van der Waals surface area contributed by atoms with E-state index in [1.54, 1.807) is 32.5 Å². The van der Waals surface area contributed by atoms with Gasteiger partial charge in [0.05, 0.1) is 40.3 Å². The molecule has 0 spiro atoms. The van der Waals surface area contributed by atoms with Crippen LogP contribution in [0.4, 0.5) is 16.3 Å². The van der Waals surface area contributed by atoms with Gasteiger partial charge in [-0.3, -0.25) is 9.48 Å². The first kappa shape index (κ1) is 30.2. The number of ether oxygens (including phenoxy) is 2. The number of fused-ring (bicyclic) bond motifs is 1. The normalized spacial score (nSPS) is 14.4. The number of benzene rings is 3. The molecule has 3 aromatic carbocycles. The van der Waals surface area contributed by atoms with Crippen LogP contribution >= 0.6 is 22.6 Å². The van der Waals surface area contributed by atoms with Gasteiger partial charge in [0.1, 0.15) is 23.0 Å². The highest BCUT2D eigenvalue weighted by atomic mass is 127. The molecule has 5 aromatic rings. The molecule has 11 nitrogen and oxygen atoms in total. The molecule has 1 fully saturated rings. The molecule has 1 unspecified atom stereocenters. The van der Waals surface area contributed by atoms with E-state index in [-0.39, 0.29) is 11.9 Å². The number of carboxylic acid groups (broad SMARTS) is 1. The Bertz CT molecular complexity index is 1840. The summed E-state index contributed by atoms with van der Waals surface area (Å²) in [7, 11) is 3.24. The number of para-hydroxylation sites is 1. The van der Waals surface area contributed by atoms with Crippen molar-refractivity contribution in [3.8, 4) is 22.8 Å². The Kier molecular flexibility index (Phi) is 8.74. The molecule has 1 aliphatic heterocycles. The summed E-state index contributed by atoms with van der Waals surface area (Å²) in [5.41, 5.74) is 4.39. The van der Waals surface area contributed by atoms with Gasteiger partial charge in [0, 0.05) is 42.6 Å². The maximum absolute atomic E-state index is 12.9. The molecule has 0 bridgehead atoms. The Morgan fingerprint density at radius 2 is 1.71 bits per heavy atom. The van der Waals surface area contributed by atoms with Gasteiger partial charge in [0.25, 0.3) is 5.91 Å². The number of methoxy groups -OCH3 is 2. The van der Waals surface area contributed by atoms with Gasteiger partial charge in [0.15, 0.2) is 0 Å². The lowest BCUT2D eigenvalue weighted by Gasteiger charge is -2.16. The number of nitrogens with one attached hydrogen (secondary N) is 2. The fourth-order valence-corrected chi connectivity index (χ4v) is 6.28. The minimum Gasteiger partial charge on any atom is -0.496 e. The molecule has 12 heteroatoms. The van der Waals surface area contributed by atoms with Gasteiger partial charge in [-0.25, -0.2) is 9.78 Å². The monoisotopic (exact) mass is 718 g/mol. The summed E-state index contributed by atoms with van der Waals surface area (Å²) in [4.78, 5) is 30.9. The summed E-state index contributed by atoms with van der Waals surface area (Å²) in [5.74, 6) is 1.76. The van der Waals surface area contributed by atoms with E-state index in [4.69, 9.17) is 19.6 Å². The fraction of sp³-hybridized carbons (Fsp3) is 0.212. The lowest BCUT2D eigenvalue weighted by Crippen LogP contribution is -2.27. The average Bonchev–Trinajstić information content (AvgIpc) is 3.72. The predicted molar refractivity (Wildman–Crippen MR) is 180 cm³/mol. The molecule has 0 aliphatic carbocycles. The van der Waals surface area contributed by atoms with Crippen LogP contribution in [-0.2, 0) is 6.54 Å². The Morgan fingerprint density at radius 1 is 1.00 bits per heavy atom. The van der Waals surface area contributed by atoms with Crippen LogP contribution in [0.1, 0.15) is 28.4 Å². The number of halogens is 1. The maximum atomic E-state index is 12.9. The van der Waals surface area contributed by atoms with Crippen LogP contribution in [0.2, 0.25) is 0 Å². The highest BCUT2D eigenvalue weighted by Gasteiger charge is 2.31. The van der Waals surface area contributed by atoms with Crippen molar-refractivity contribution in [3.05, 3.63) is 93.7 Å². The van der Waals surface area contributed by atoms with Gasteiger partial charge in [0.2, 0.25) is 0 Å². The first-order valence-corrected chi connectivity index (χ1v) is 15.4. The van der Waals surface area contributed by atoms with Gasteiger partial charge in [-0.15, -0.1) is 0 Å². The Balaban J connectivity index is 1.41.